The Morgan fingerprint density at radius 3 is 1.24 bits per heavy atom. The van der Waals surface area contributed by atoms with Gasteiger partial charge in [-0.2, -0.15) is 0 Å². The van der Waals surface area contributed by atoms with Gasteiger partial charge in [-0.25, -0.2) is 0 Å². The van der Waals surface area contributed by atoms with Crippen molar-refractivity contribution in [2.24, 2.45) is 0 Å². The van der Waals surface area contributed by atoms with Crippen molar-refractivity contribution in [3.05, 3.63) is 158 Å². The summed E-state index contributed by atoms with van der Waals surface area (Å²) < 4.78 is 5.32. The quantitative estimate of drug-likeness (QED) is 0.173. The minimum Gasteiger partial charge on any atom is -0.135 e. The molecule has 2 aromatic heterocycles. The molecule has 10 rings (SSSR count). The Hall–Kier alpha value is -5.28. The molecule has 2 heteroatoms. The maximum absolute atomic E-state index is 2.47. The Kier molecular flexibility index (Phi) is 5.72. The van der Waals surface area contributed by atoms with E-state index in [0.29, 0.717) is 0 Å². The van der Waals surface area contributed by atoms with E-state index in [2.05, 4.69) is 158 Å². The average molecular weight is 619 g/mol. The first kappa shape index (κ1) is 26.0. The third-order valence-corrected chi connectivity index (χ3v) is 11.8. The minimum atomic E-state index is 1.24. The summed E-state index contributed by atoms with van der Waals surface area (Å²) in [6, 6.07) is 58.4. The van der Waals surface area contributed by atoms with Crippen LogP contribution in [0.5, 0.6) is 0 Å². The molecule has 0 atom stereocenters. The Morgan fingerprint density at radius 2 is 0.696 bits per heavy atom. The number of thiophene rings is 2. The van der Waals surface area contributed by atoms with Gasteiger partial charge in [0.15, 0.2) is 0 Å². The average Bonchev–Trinajstić information content (AvgIpc) is 3.69. The molecule has 0 nitrogen and oxygen atoms in total. The van der Waals surface area contributed by atoms with Crippen LogP contribution in [0.4, 0.5) is 0 Å². The molecule has 0 N–H and O–H groups in total. The van der Waals surface area contributed by atoms with Crippen LogP contribution in [-0.2, 0) is 0 Å². The molecule has 0 aliphatic heterocycles. The predicted octanol–water partition coefficient (Wildman–Crippen LogP) is 13.7. The molecule has 0 spiro atoms. The van der Waals surface area contributed by atoms with Gasteiger partial charge in [-0.05, 0) is 85.3 Å². The van der Waals surface area contributed by atoms with E-state index in [4.69, 9.17) is 0 Å². The molecule has 0 saturated heterocycles. The normalized spacial score (nSPS) is 11.9. The fourth-order valence-electron chi connectivity index (χ4n) is 7.55. The molecule has 0 aliphatic rings. The lowest BCUT2D eigenvalue weighted by atomic mass is 9.85. The number of hydrogen-bond acceptors (Lipinski definition) is 2. The van der Waals surface area contributed by atoms with Crippen LogP contribution in [-0.4, -0.2) is 0 Å². The molecular formula is C44H26S2. The SMILES string of the molecule is c1ccc(-c2c3cccc(-c4cccc5sc6ccccc6c45)c3cc3c(-c4cccc5sc6ccccc6c45)cccc23)cc1. The molecule has 214 valence electrons. The molecule has 0 amide bonds. The second-order valence-corrected chi connectivity index (χ2v) is 14.1. The Morgan fingerprint density at radius 1 is 0.283 bits per heavy atom. The molecule has 8 aromatic carbocycles. The number of rotatable bonds is 3. The van der Waals surface area contributed by atoms with E-state index in [1.54, 1.807) is 0 Å². The first-order chi connectivity index (χ1) is 22.8. The molecular weight excluding hydrogens is 593 g/mol. The largest absolute Gasteiger partial charge is 0.135 e. The van der Waals surface area contributed by atoms with Crippen molar-refractivity contribution < 1.29 is 0 Å². The zero-order valence-electron chi connectivity index (χ0n) is 24.8. The highest BCUT2D eigenvalue weighted by Gasteiger charge is 2.19. The van der Waals surface area contributed by atoms with Gasteiger partial charge in [0.05, 0.1) is 0 Å². The molecule has 46 heavy (non-hydrogen) atoms. The van der Waals surface area contributed by atoms with Gasteiger partial charge in [0.25, 0.3) is 0 Å². The fraction of sp³-hybridized carbons (Fsp3) is 0. The predicted molar refractivity (Wildman–Crippen MR) is 204 cm³/mol. The van der Waals surface area contributed by atoms with Gasteiger partial charge in [-0.1, -0.05) is 127 Å². The first-order valence-corrected chi connectivity index (χ1v) is 17.3. The molecule has 2 heterocycles. The van der Waals surface area contributed by atoms with Crippen molar-refractivity contribution in [3.63, 3.8) is 0 Å². The second-order valence-electron chi connectivity index (χ2n) is 12.0. The van der Waals surface area contributed by atoms with Crippen LogP contribution >= 0.6 is 22.7 Å². The standard InChI is InChI=1S/C44H26S2/c1-2-12-27(13-3-1)42-32-18-8-16-28(30-20-10-24-40-43(30)34-14-4-6-22-38(34)45-40)36(32)26-37-29(17-9-19-33(37)42)31-21-11-25-41-44(31)35-15-5-7-23-39(35)46-41/h1-26H. The zero-order chi connectivity index (χ0) is 30.2. The maximum atomic E-state index is 2.47. The van der Waals surface area contributed by atoms with Crippen LogP contribution in [0.2, 0.25) is 0 Å². The van der Waals surface area contributed by atoms with E-state index in [1.165, 1.54) is 95.3 Å². The van der Waals surface area contributed by atoms with Gasteiger partial charge < -0.3 is 0 Å². The summed E-state index contributed by atoms with van der Waals surface area (Å²) in [6.07, 6.45) is 0. The van der Waals surface area contributed by atoms with Gasteiger partial charge in [0.1, 0.15) is 0 Å². The lowest BCUT2D eigenvalue weighted by Crippen LogP contribution is -1.91. The number of fused-ring (bicyclic) bond motifs is 8. The summed E-state index contributed by atoms with van der Waals surface area (Å²) in [5.74, 6) is 0. The van der Waals surface area contributed by atoms with E-state index in [0.717, 1.165) is 0 Å². The monoisotopic (exact) mass is 618 g/mol. The summed E-state index contributed by atoms with van der Waals surface area (Å²) in [5.41, 5.74) is 7.68. The highest BCUT2D eigenvalue weighted by Crippen LogP contribution is 2.48. The van der Waals surface area contributed by atoms with Crippen LogP contribution in [0.3, 0.4) is 0 Å². The molecule has 0 aliphatic carbocycles. The van der Waals surface area contributed by atoms with Crippen molar-refractivity contribution >= 4 is 84.6 Å². The van der Waals surface area contributed by atoms with Crippen LogP contribution in [0.25, 0.3) is 95.3 Å². The summed E-state index contributed by atoms with van der Waals surface area (Å²) in [7, 11) is 0. The first-order valence-electron chi connectivity index (χ1n) is 15.7. The second kappa shape index (κ2) is 10.1. The molecule has 0 radical (unpaired) electrons. The van der Waals surface area contributed by atoms with Gasteiger partial charge >= 0.3 is 0 Å². The van der Waals surface area contributed by atoms with E-state index in [1.807, 2.05) is 22.7 Å². The lowest BCUT2D eigenvalue weighted by Gasteiger charge is -2.18. The molecule has 0 fully saturated rings. The maximum Gasteiger partial charge on any atom is 0.0361 e. The number of hydrogen-bond donors (Lipinski definition) is 0. The van der Waals surface area contributed by atoms with Crippen molar-refractivity contribution in [1.82, 2.24) is 0 Å². The van der Waals surface area contributed by atoms with Crippen molar-refractivity contribution in [2.45, 2.75) is 0 Å². The molecule has 0 unspecified atom stereocenters. The van der Waals surface area contributed by atoms with Crippen molar-refractivity contribution in [3.8, 4) is 33.4 Å². The highest BCUT2D eigenvalue weighted by atomic mass is 32.1. The Bertz CT molecular complexity index is 2630. The van der Waals surface area contributed by atoms with Crippen molar-refractivity contribution in [1.29, 1.82) is 0 Å². The van der Waals surface area contributed by atoms with E-state index < -0.39 is 0 Å². The van der Waals surface area contributed by atoms with Gasteiger partial charge in [-0.15, -0.1) is 22.7 Å². The fourth-order valence-corrected chi connectivity index (χ4v) is 9.81. The molecule has 10 aromatic rings. The Labute approximate surface area is 274 Å². The Balaban J connectivity index is 1.37. The lowest BCUT2D eigenvalue weighted by molar-refractivity contribution is 1.66. The van der Waals surface area contributed by atoms with Crippen LogP contribution in [0.15, 0.2) is 158 Å². The van der Waals surface area contributed by atoms with Crippen LogP contribution in [0.1, 0.15) is 0 Å². The van der Waals surface area contributed by atoms with E-state index >= 15 is 0 Å². The summed E-state index contributed by atoms with van der Waals surface area (Å²) in [5, 5.41) is 10.5. The minimum absolute atomic E-state index is 1.24. The topological polar surface area (TPSA) is 0 Å². The summed E-state index contributed by atoms with van der Waals surface area (Å²) in [4.78, 5) is 0. The van der Waals surface area contributed by atoms with E-state index in [-0.39, 0.29) is 0 Å². The van der Waals surface area contributed by atoms with Gasteiger partial charge in [-0.3, -0.25) is 0 Å². The smallest absolute Gasteiger partial charge is 0.0361 e. The summed E-state index contributed by atoms with van der Waals surface area (Å²) >= 11 is 3.76. The van der Waals surface area contributed by atoms with Crippen molar-refractivity contribution in [2.75, 3.05) is 0 Å². The highest BCUT2D eigenvalue weighted by molar-refractivity contribution is 7.26. The molecule has 0 saturated carbocycles. The summed E-state index contributed by atoms with van der Waals surface area (Å²) in [6.45, 7) is 0. The third-order valence-electron chi connectivity index (χ3n) is 9.49. The van der Waals surface area contributed by atoms with Crippen LogP contribution in [0, 0.1) is 0 Å². The third kappa shape index (κ3) is 3.78. The van der Waals surface area contributed by atoms with Gasteiger partial charge in [0.2, 0.25) is 0 Å². The van der Waals surface area contributed by atoms with Gasteiger partial charge in [0, 0.05) is 40.3 Å². The number of benzene rings is 8. The molecule has 0 bridgehead atoms. The van der Waals surface area contributed by atoms with E-state index in [9.17, 15) is 0 Å². The zero-order valence-corrected chi connectivity index (χ0v) is 26.5. The van der Waals surface area contributed by atoms with Crippen LogP contribution < -0.4 is 0 Å².